The van der Waals surface area contributed by atoms with E-state index in [0.717, 1.165) is 32.6 Å². The molecule has 0 saturated carbocycles. The van der Waals surface area contributed by atoms with E-state index in [4.69, 9.17) is 4.74 Å². The Kier molecular flexibility index (Phi) is 5.77. The predicted molar refractivity (Wildman–Crippen MR) is 64.1 cm³/mol. The van der Waals surface area contributed by atoms with Gasteiger partial charge in [0.15, 0.2) is 0 Å². The molecule has 0 radical (unpaired) electrons. The lowest BCUT2D eigenvalue weighted by Crippen LogP contribution is -2.36. The van der Waals surface area contributed by atoms with Gasteiger partial charge >= 0.3 is 0 Å². The van der Waals surface area contributed by atoms with Crippen molar-refractivity contribution in [2.24, 2.45) is 5.92 Å². The van der Waals surface area contributed by atoms with Crippen molar-refractivity contribution in [3.05, 3.63) is 0 Å². The van der Waals surface area contributed by atoms with Crippen LogP contribution in [0.15, 0.2) is 0 Å². The third kappa shape index (κ3) is 3.46. The predicted octanol–water partition coefficient (Wildman–Crippen LogP) is 1.22. The molecule has 0 aromatic heterocycles. The normalized spacial score (nSPS) is 22.8. The molecule has 94 valence electrons. The number of ether oxygens (including phenoxy) is 1. The Morgan fingerprint density at radius 3 is 2.94 bits per heavy atom. The minimum absolute atomic E-state index is 0.0251. The number of hydrogen-bond donors (Lipinski definition) is 1. The fourth-order valence-corrected chi connectivity index (χ4v) is 1.94. The van der Waals surface area contributed by atoms with Crippen molar-refractivity contribution in [1.29, 1.82) is 0 Å². The molecule has 1 aliphatic heterocycles. The summed E-state index contributed by atoms with van der Waals surface area (Å²) in [5, 5.41) is 3.28. The maximum absolute atomic E-state index is 12.0. The van der Waals surface area contributed by atoms with Gasteiger partial charge in [-0.1, -0.05) is 20.3 Å². The average molecular weight is 228 g/mol. The van der Waals surface area contributed by atoms with Crippen LogP contribution >= 0.6 is 0 Å². The number of carbonyl (C=O) groups excluding carboxylic acids is 1. The van der Waals surface area contributed by atoms with E-state index >= 15 is 0 Å². The lowest BCUT2D eigenvalue weighted by molar-refractivity contribution is -0.129. The van der Waals surface area contributed by atoms with E-state index < -0.39 is 0 Å². The van der Waals surface area contributed by atoms with Crippen molar-refractivity contribution in [3.8, 4) is 0 Å². The zero-order valence-electron chi connectivity index (χ0n) is 10.7. The molecule has 1 amide bonds. The molecule has 1 saturated heterocycles. The number of nitrogens with zero attached hydrogens (tertiary/aromatic N) is 1. The lowest BCUT2D eigenvalue weighted by Gasteiger charge is -2.17. The minimum atomic E-state index is 0.0251. The largest absolute Gasteiger partial charge is 0.382 e. The first-order chi connectivity index (χ1) is 7.70. The second-order valence-electron chi connectivity index (χ2n) is 4.38. The van der Waals surface area contributed by atoms with Gasteiger partial charge in [0.2, 0.25) is 5.91 Å². The van der Waals surface area contributed by atoms with Gasteiger partial charge in [0.1, 0.15) is 0 Å². The van der Waals surface area contributed by atoms with Crippen molar-refractivity contribution in [1.82, 2.24) is 10.2 Å². The zero-order valence-corrected chi connectivity index (χ0v) is 10.7. The van der Waals surface area contributed by atoms with Gasteiger partial charge in [-0.25, -0.2) is 0 Å². The Bertz CT molecular complexity index is 221. The van der Waals surface area contributed by atoms with E-state index in [0.29, 0.717) is 12.6 Å². The molecule has 1 N–H and O–H groups in total. The van der Waals surface area contributed by atoms with Gasteiger partial charge in [-0.05, 0) is 19.3 Å². The molecule has 4 nitrogen and oxygen atoms in total. The van der Waals surface area contributed by atoms with Crippen molar-refractivity contribution in [2.45, 2.75) is 39.7 Å². The first-order valence-corrected chi connectivity index (χ1v) is 6.30. The molecule has 0 aliphatic carbocycles. The first-order valence-electron chi connectivity index (χ1n) is 6.30. The van der Waals surface area contributed by atoms with Crippen molar-refractivity contribution >= 4 is 5.91 Å². The minimum Gasteiger partial charge on any atom is -0.382 e. The summed E-state index contributed by atoms with van der Waals surface area (Å²) in [5.41, 5.74) is 0. The summed E-state index contributed by atoms with van der Waals surface area (Å²) >= 11 is 0. The standard InChI is InChI=1S/C12H24N2O2/c1-4-10(3)11-12(15)14(9-13-11)7-6-8-16-5-2/h10-11,13H,4-9H2,1-3H3. The molecule has 2 atom stereocenters. The van der Waals surface area contributed by atoms with Gasteiger partial charge in [0.05, 0.1) is 12.7 Å². The summed E-state index contributed by atoms with van der Waals surface area (Å²) in [6, 6.07) is 0.0251. The third-order valence-electron chi connectivity index (χ3n) is 3.21. The number of amides is 1. The molecule has 4 heteroatoms. The van der Waals surface area contributed by atoms with Crippen LogP contribution in [0.4, 0.5) is 0 Å². The van der Waals surface area contributed by atoms with Crippen LogP contribution in [-0.4, -0.2) is 43.3 Å². The molecule has 0 spiro atoms. The maximum Gasteiger partial charge on any atom is 0.241 e. The Balaban J connectivity index is 2.28. The molecule has 0 aromatic carbocycles. The van der Waals surface area contributed by atoms with Gasteiger partial charge in [0, 0.05) is 19.8 Å². The number of nitrogens with one attached hydrogen (secondary N) is 1. The number of hydrogen-bond acceptors (Lipinski definition) is 3. The maximum atomic E-state index is 12.0. The van der Waals surface area contributed by atoms with Crippen molar-refractivity contribution < 1.29 is 9.53 Å². The highest BCUT2D eigenvalue weighted by Crippen LogP contribution is 2.15. The molecule has 16 heavy (non-hydrogen) atoms. The SMILES string of the molecule is CCOCCCN1CNC(C(C)CC)C1=O. The Labute approximate surface area is 98.3 Å². The first kappa shape index (κ1) is 13.5. The molecular formula is C12H24N2O2. The average Bonchev–Trinajstić information content (AvgIpc) is 2.65. The van der Waals surface area contributed by atoms with E-state index in [1.54, 1.807) is 0 Å². The summed E-state index contributed by atoms with van der Waals surface area (Å²) in [4.78, 5) is 13.9. The van der Waals surface area contributed by atoms with Gasteiger partial charge in [-0.2, -0.15) is 0 Å². The summed E-state index contributed by atoms with van der Waals surface area (Å²) in [5.74, 6) is 0.676. The monoisotopic (exact) mass is 228 g/mol. The lowest BCUT2D eigenvalue weighted by atomic mass is 9.99. The van der Waals surface area contributed by atoms with Gasteiger partial charge < -0.3 is 9.64 Å². The fraction of sp³-hybridized carbons (Fsp3) is 0.917. The fourth-order valence-electron chi connectivity index (χ4n) is 1.94. The van der Waals surface area contributed by atoms with Crippen LogP contribution in [0.2, 0.25) is 0 Å². The van der Waals surface area contributed by atoms with E-state index in [9.17, 15) is 4.79 Å². The quantitative estimate of drug-likeness (QED) is 0.666. The second-order valence-corrected chi connectivity index (χ2v) is 4.38. The molecule has 1 fully saturated rings. The smallest absolute Gasteiger partial charge is 0.241 e. The summed E-state index contributed by atoms with van der Waals surface area (Å²) in [6.07, 6.45) is 1.96. The summed E-state index contributed by atoms with van der Waals surface area (Å²) in [7, 11) is 0. The van der Waals surface area contributed by atoms with Crippen LogP contribution < -0.4 is 5.32 Å². The molecule has 0 aromatic rings. The van der Waals surface area contributed by atoms with Crippen LogP contribution in [0.3, 0.4) is 0 Å². The molecule has 2 unspecified atom stereocenters. The Morgan fingerprint density at radius 1 is 1.56 bits per heavy atom. The van der Waals surface area contributed by atoms with Crippen LogP contribution in [0.25, 0.3) is 0 Å². The molecular weight excluding hydrogens is 204 g/mol. The Hall–Kier alpha value is -0.610. The molecule has 0 bridgehead atoms. The number of carbonyl (C=O) groups is 1. The van der Waals surface area contributed by atoms with Crippen molar-refractivity contribution in [3.63, 3.8) is 0 Å². The summed E-state index contributed by atoms with van der Waals surface area (Å²) in [6.45, 7) is 9.23. The number of rotatable bonds is 7. The highest BCUT2D eigenvalue weighted by atomic mass is 16.5. The van der Waals surface area contributed by atoms with E-state index in [1.807, 2.05) is 11.8 Å². The van der Waals surface area contributed by atoms with Gasteiger partial charge in [-0.3, -0.25) is 10.1 Å². The van der Waals surface area contributed by atoms with E-state index in [-0.39, 0.29) is 11.9 Å². The van der Waals surface area contributed by atoms with Crippen LogP contribution in [0.5, 0.6) is 0 Å². The molecule has 1 heterocycles. The Morgan fingerprint density at radius 2 is 2.31 bits per heavy atom. The third-order valence-corrected chi connectivity index (χ3v) is 3.21. The second kappa shape index (κ2) is 6.86. The summed E-state index contributed by atoms with van der Waals surface area (Å²) < 4.78 is 5.27. The topological polar surface area (TPSA) is 41.6 Å². The zero-order chi connectivity index (χ0) is 12.0. The molecule has 1 rings (SSSR count). The van der Waals surface area contributed by atoms with Gasteiger partial charge in [0.25, 0.3) is 0 Å². The highest BCUT2D eigenvalue weighted by Gasteiger charge is 2.33. The van der Waals surface area contributed by atoms with Crippen LogP contribution in [0, 0.1) is 5.92 Å². The van der Waals surface area contributed by atoms with Crippen molar-refractivity contribution in [2.75, 3.05) is 26.4 Å². The van der Waals surface area contributed by atoms with E-state index in [2.05, 4.69) is 19.2 Å². The van der Waals surface area contributed by atoms with Gasteiger partial charge in [-0.15, -0.1) is 0 Å². The van der Waals surface area contributed by atoms with Crippen LogP contribution in [0.1, 0.15) is 33.6 Å². The highest BCUT2D eigenvalue weighted by molar-refractivity contribution is 5.84. The van der Waals surface area contributed by atoms with E-state index in [1.165, 1.54) is 0 Å². The molecule has 1 aliphatic rings. The van der Waals surface area contributed by atoms with Crippen LogP contribution in [-0.2, 0) is 9.53 Å².